The topological polar surface area (TPSA) is 24.1 Å². The molecule has 0 spiro atoms. The summed E-state index contributed by atoms with van der Waals surface area (Å²) in [5.41, 5.74) is 4.25. The molecule has 0 amide bonds. The van der Waals surface area contributed by atoms with Gasteiger partial charge in [-0.2, -0.15) is 0 Å². The Labute approximate surface area is 126 Å². The minimum atomic E-state index is 0.423. The first-order valence-electron chi connectivity index (χ1n) is 8.04. The number of piperidine rings is 1. The fourth-order valence-electron chi connectivity index (χ4n) is 4.04. The Hall–Kier alpha value is -1.80. The van der Waals surface area contributed by atoms with E-state index in [-0.39, 0.29) is 0 Å². The highest BCUT2D eigenvalue weighted by atomic mass is 15.0. The first kappa shape index (κ1) is 12.9. The average Bonchev–Trinajstić information content (AvgIpc) is 2.96. The van der Waals surface area contributed by atoms with Crippen molar-refractivity contribution in [3.63, 3.8) is 0 Å². The smallest absolute Gasteiger partial charge is 0.0585 e. The summed E-state index contributed by atoms with van der Waals surface area (Å²) in [5, 5.41) is 7.27. The zero-order valence-electron chi connectivity index (χ0n) is 12.3. The summed E-state index contributed by atoms with van der Waals surface area (Å²) in [5.74, 6) is 1.37. The first-order valence-corrected chi connectivity index (χ1v) is 8.04. The van der Waals surface area contributed by atoms with Gasteiger partial charge in [-0.3, -0.25) is 0 Å². The van der Waals surface area contributed by atoms with Crippen LogP contribution in [-0.4, -0.2) is 13.1 Å². The van der Waals surface area contributed by atoms with Gasteiger partial charge in [-0.05, 0) is 49.0 Å². The van der Waals surface area contributed by atoms with Gasteiger partial charge in [-0.25, -0.2) is 0 Å². The third kappa shape index (κ3) is 2.34. The quantitative estimate of drug-likeness (QED) is 0.869. The van der Waals surface area contributed by atoms with E-state index in [1.165, 1.54) is 29.7 Å². The minimum Gasteiger partial charge on any atom is -0.377 e. The van der Waals surface area contributed by atoms with E-state index in [1.54, 1.807) is 0 Å². The monoisotopic (exact) mass is 278 g/mol. The van der Waals surface area contributed by atoms with Gasteiger partial charge in [0.05, 0.1) is 6.04 Å². The summed E-state index contributed by atoms with van der Waals surface area (Å²) < 4.78 is 0. The number of para-hydroxylation sites is 1. The molecule has 0 bridgehead atoms. The predicted octanol–water partition coefficient (Wildman–Crippen LogP) is 3.94. The van der Waals surface area contributed by atoms with Crippen molar-refractivity contribution in [2.75, 3.05) is 18.4 Å². The van der Waals surface area contributed by atoms with Crippen molar-refractivity contribution in [2.24, 2.45) is 5.92 Å². The largest absolute Gasteiger partial charge is 0.377 e. The number of fused-ring (bicyclic) bond motifs is 1. The molecule has 2 aliphatic rings. The molecule has 21 heavy (non-hydrogen) atoms. The third-order valence-electron chi connectivity index (χ3n) is 5.04. The van der Waals surface area contributed by atoms with Crippen LogP contribution in [0.5, 0.6) is 0 Å². The van der Waals surface area contributed by atoms with Gasteiger partial charge in [0, 0.05) is 11.6 Å². The Balaban J connectivity index is 1.73. The standard InChI is InChI=1S/C19H22N2/c1-2-6-15(7-3-1)19-18(14-10-12-20-13-11-14)16-8-4-5-9-17(16)21-19/h1-9,14,18-21H,10-13H2/t18-,19+/m0/s1. The van der Waals surface area contributed by atoms with Crippen molar-refractivity contribution >= 4 is 5.69 Å². The number of anilines is 1. The van der Waals surface area contributed by atoms with E-state index >= 15 is 0 Å². The Kier molecular flexibility index (Phi) is 3.40. The number of hydrogen-bond acceptors (Lipinski definition) is 2. The SMILES string of the molecule is c1ccc([C@H]2Nc3ccccc3[C@@H]2C2CCNCC2)cc1. The minimum absolute atomic E-state index is 0.423. The van der Waals surface area contributed by atoms with Crippen molar-refractivity contribution in [1.82, 2.24) is 5.32 Å². The van der Waals surface area contributed by atoms with E-state index < -0.39 is 0 Å². The second-order valence-electron chi connectivity index (χ2n) is 6.23. The van der Waals surface area contributed by atoms with Crippen LogP contribution in [0.1, 0.15) is 35.9 Å². The van der Waals surface area contributed by atoms with Crippen LogP contribution in [0.2, 0.25) is 0 Å². The van der Waals surface area contributed by atoms with Crippen molar-refractivity contribution in [1.29, 1.82) is 0 Å². The number of rotatable bonds is 2. The van der Waals surface area contributed by atoms with Gasteiger partial charge < -0.3 is 10.6 Å². The molecule has 0 radical (unpaired) electrons. The molecule has 0 unspecified atom stereocenters. The Morgan fingerprint density at radius 2 is 1.52 bits per heavy atom. The van der Waals surface area contributed by atoms with Crippen LogP contribution in [0.3, 0.4) is 0 Å². The molecule has 0 aromatic heterocycles. The van der Waals surface area contributed by atoms with Crippen molar-refractivity contribution in [3.05, 3.63) is 65.7 Å². The first-order chi connectivity index (χ1) is 10.4. The molecule has 2 atom stereocenters. The summed E-state index contributed by atoms with van der Waals surface area (Å²) in [6.45, 7) is 2.32. The van der Waals surface area contributed by atoms with Crippen LogP contribution in [0, 0.1) is 5.92 Å². The van der Waals surface area contributed by atoms with Gasteiger partial charge in [0.25, 0.3) is 0 Å². The Morgan fingerprint density at radius 1 is 0.810 bits per heavy atom. The molecule has 2 nitrogen and oxygen atoms in total. The second-order valence-corrected chi connectivity index (χ2v) is 6.23. The van der Waals surface area contributed by atoms with E-state index in [1.807, 2.05) is 0 Å². The Bertz CT molecular complexity index is 602. The normalized spacial score (nSPS) is 25.3. The zero-order chi connectivity index (χ0) is 14.1. The average molecular weight is 278 g/mol. The third-order valence-corrected chi connectivity index (χ3v) is 5.04. The lowest BCUT2D eigenvalue weighted by Gasteiger charge is -2.32. The fraction of sp³-hybridized carbons (Fsp3) is 0.368. The molecule has 1 saturated heterocycles. The maximum Gasteiger partial charge on any atom is 0.0585 e. The fourth-order valence-corrected chi connectivity index (χ4v) is 4.04. The highest BCUT2D eigenvalue weighted by Gasteiger charge is 2.38. The molecule has 0 aliphatic carbocycles. The number of benzene rings is 2. The van der Waals surface area contributed by atoms with E-state index in [0.717, 1.165) is 19.0 Å². The molecule has 0 saturated carbocycles. The lowest BCUT2D eigenvalue weighted by molar-refractivity contribution is 0.305. The number of hydrogen-bond donors (Lipinski definition) is 2. The van der Waals surface area contributed by atoms with Crippen LogP contribution in [-0.2, 0) is 0 Å². The molecule has 2 aromatic carbocycles. The van der Waals surface area contributed by atoms with E-state index in [0.29, 0.717) is 12.0 Å². The van der Waals surface area contributed by atoms with Gasteiger partial charge >= 0.3 is 0 Å². The molecule has 2 N–H and O–H groups in total. The summed E-state index contributed by atoms with van der Waals surface area (Å²) in [7, 11) is 0. The van der Waals surface area contributed by atoms with Crippen molar-refractivity contribution < 1.29 is 0 Å². The van der Waals surface area contributed by atoms with Crippen LogP contribution in [0.25, 0.3) is 0 Å². The second kappa shape index (κ2) is 5.53. The van der Waals surface area contributed by atoms with Crippen LogP contribution < -0.4 is 10.6 Å². The van der Waals surface area contributed by atoms with Crippen molar-refractivity contribution in [3.8, 4) is 0 Å². The van der Waals surface area contributed by atoms with Gasteiger partial charge in [0.2, 0.25) is 0 Å². The molecule has 4 rings (SSSR count). The molecule has 2 aliphatic heterocycles. The van der Waals surface area contributed by atoms with Gasteiger partial charge in [0.1, 0.15) is 0 Å². The predicted molar refractivity (Wildman–Crippen MR) is 87.6 cm³/mol. The molecule has 2 aromatic rings. The van der Waals surface area contributed by atoms with Gasteiger partial charge in [0.15, 0.2) is 0 Å². The van der Waals surface area contributed by atoms with Gasteiger partial charge in [-0.15, -0.1) is 0 Å². The maximum atomic E-state index is 3.78. The lowest BCUT2D eigenvalue weighted by atomic mass is 9.76. The molecular weight excluding hydrogens is 256 g/mol. The molecule has 2 heteroatoms. The maximum absolute atomic E-state index is 3.78. The van der Waals surface area contributed by atoms with E-state index in [9.17, 15) is 0 Å². The summed E-state index contributed by atoms with van der Waals surface area (Å²) in [4.78, 5) is 0. The Morgan fingerprint density at radius 3 is 2.33 bits per heavy atom. The van der Waals surface area contributed by atoms with E-state index in [2.05, 4.69) is 65.2 Å². The van der Waals surface area contributed by atoms with Crippen LogP contribution in [0.15, 0.2) is 54.6 Å². The molecule has 108 valence electrons. The highest BCUT2D eigenvalue weighted by molar-refractivity contribution is 5.61. The molecular formula is C19H22N2. The van der Waals surface area contributed by atoms with Crippen molar-refractivity contribution in [2.45, 2.75) is 24.8 Å². The lowest BCUT2D eigenvalue weighted by Crippen LogP contribution is -2.32. The summed E-state index contributed by atoms with van der Waals surface area (Å²) >= 11 is 0. The molecule has 1 fully saturated rings. The van der Waals surface area contributed by atoms with Crippen LogP contribution in [0.4, 0.5) is 5.69 Å². The van der Waals surface area contributed by atoms with Crippen LogP contribution >= 0.6 is 0 Å². The van der Waals surface area contributed by atoms with Gasteiger partial charge in [-0.1, -0.05) is 48.5 Å². The number of nitrogens with one attached hydrogen (secondary N) is 2. The summed E-state index contributed by atoms with van der Waals surface area (Å²) in [6, 6.07) is 20.2. The zero-order valence-corrected chi connectivity index (χ0v) is 12.3. The highest BCUT2D eigenvalue weighted by Crippen LogP contribution is 2.49. The summed E-state index contributed by atoms with van der Waals surface area (Å²) in [6.07, 6.45) is 2.56. The van der Waals surface area contributed by atoms with E-state index in [4.69, 9.17) is 0 Å². The molecule has 2 heterocycles.